The van der Waals surface area contributed by atoms with Crippen molar-refractivity contribution < 1.29 is 5.11 Å². The van der Waals surface area contributed by atoms with Gasteiger partial charge in [0.2, 0.25) is 0 Å². The first-order valence-electron chi connectivity index (χ1n) is 4.52. The molecule has 3 heteroatoms. The molecule has 0 aromatic rings. The Hall–Kier alpha value is 0.270. The lowest BCUT2D eigenvalue weighted by Gasteiger charge is -2.44. The van der Waals surface area contributed by atoms with Crippen molar-refractivity contribution in [1.29, 1.82) is 0 Å². The van der Waals surface area contributed by atoms with Gasteiger partial charge in [0.15, 0.2) is 0 Å². The van der Waals surface area contributed by atoms with Gasteiger partial charge in [-0.25, -0.2) is 0 Å². The molecule has 3 N–H and O–H groups in total. The molecule has 1 saturated heterocycles. The number of hydrogen-bond acceptors (Lipinski definition) is 3. The van der Waals surface area contributed by atoms with Crippen LogP contribution in [0.5, 0.6) is 0 Å². The molecule has 0 aromatic heterocycles. The lowest BCUT2D eigenvalue weighted by molar-refractivity contribution is -0.0507. The average Bonchev–Trinajstić information content (AvgIpc) is 2.06. The second-order valence-corrected chi connectivity index (χ2v) is 5.38. The Kier molecular flexibility index (Phi) is 3.07. The van der Waals surface area contributed by atoms with Crippen LogP contribution < -0.4 is 5.73 Å². The van der Waals surface area contributed by atoms with Gasteiger partial charge >= 0.3 is 0 Å². The molecule has 1 fully saturated rings. The first kappa shape index (κ1) is 10.4. The van der Waals surface area contributed by atoms with E-state index >= 15 is 0 Å². The fourth-order valence-corrected chi connectivity index (χ4v) is 2.87. The minimum Gasteiger partial charge on any atom is -0.388 e. The van der Waals surface area contributed by atoms with Gasteiger partial charge in [-0.1, -0.05) is 13.8 Å². The van der Waals surface area contributed by atoms with Crippen molar-refractivity contribution in [2.75, 3.05) is 18.1 Å². The molecule has 1 unspecified atom stereocenters. The highest BCUT2D eigenvalue weighted by molar-refractivity contribution is 7.99. The molecule has 0 saturated carbocycles. The molecule has 0 radical (unpaired) electrons. The number of aliphatic hydroxyl groups is 1. The minimum atomic E-state index is -0.537. The Labute approximate surface area is 78.9 Å². The third-order valence-electron chi connectivity index (χ3n) is 2.99. The highest BCUT2D eigenvalue weighted by Crippen LogP contribution is 2.39. The molecule has 2 nitrogen and oxygen atoms in total. The van der Waals surface area contributed by atoms with Crippen LogP contribution in [-0.2, 0) is 0 Å². The molecular weight excluding hydrogens is 170 g/mol. The normalized spacial score (nSPS) is 32.0. The predicted molar refractivity (Wildman–Crippen MR) is 54.3 cm³/mol. The molecule has 1 aliphatic rings. The van der Waals surface area contributed by atoms with Crippen molar-refractivity contribution in [2.24, 2.45) is 11.1 Å². The van der Waals surface area contributed by atoms with E-state index in [9.17, 15) is 5.11 Å². The van der Waals surface area contributed by atoms with Gasteiger partial charge in [-0.15, -0.1) is 0 Å². The summed E-state index contributed by atoms with van der Waals surface area (Å²) in [7, 11) is 0. The summed E-state index contributed by atoms with van der Waals surface area (Å²) in [5.74, 6) is 2.03. The lowest BCUT2D eigenvalue weighted by Crippen LogP contribution is -2.52. The van der Waals surface area contributed by atoms with Crippen molar-refractivity contribution in [3.05, 3.63) is 0 Å². The van der Waals surface area contributed by atoms with Gasteiger partial charge in [-0.05, 0) is 18.6 Å². The summed E-state index contributed by atoms with van der Waals surface area (Å²) in [6.07, 6.45) is 2.02. The lowest BCUT2D eigenvalue weighted by atomic mass is 9.73. The topological polar surface area (TPSA) is 46.2 Å². The van der Waals surface area contributed by atoms with Crippen molar-refractivity contribution in [2.45, 2.75) is 32.3 Å². The second kappa shape index (κ2) is 3.56. The molecule has 1 atom stereocenters. The van der Waals surface area contributed by atoms with Crippen molar-refractivity contribution in [1.82, 2.24) is 0 Å². The Balaban J connectivity index is 2.68. The standard InChI is InChI=1S/C9H19NOS/c1-8(2,6-10)9(11)4-3-5-12-7-9/h11H,3-7,10H2,1-2H3. The molecule has 1 heterocycles. The van der Waals surface area contributed by atoms with Crippen molar-refractivity contribution in [3.8, 4) is 0 Å². The van der Waals surface area contributed by atoms with E-state index in [-0.39, 0.29) is 5.41 Å². The van der Waals surface area contributed by atoms with Crippen LogP contribution in [0, 0.1) is 5.41 Å². The van der Waals surface area contributed by atoms with Crippen molar-refractivity contribution in [3.63, 3.8) is 0 Å². The van der Waals surface area contributed by atoms with Crippen LogP contribution in [0.3, 0.4) is 0 Å². The zero-order valence-corrected chi connectivity index (χ0v) is 8.78. The molecule has 0 spiro atoms. The smallest absolute Gasteiger partial charge is 0.0800 e. The van der Waals surface area contributed by atoms with Gasteiger partial charge in [0, 0.05) is 17.7 Å². The summed E-state index contributed by atoms with van der Waals surface area (Å²) < 4.78 is 0. The molecule has 72 valence electrons. The maximum Gasteiger partial charge on any atom is 0.0800 e. The van der Waals surface area contributed by atoms with Gasteiger partial charge in [0.05, 0.1) is 5.60 Å². The number of nitrogens with two attached hydrogens (primary N) is 1. The van der Waals surface area contributed by atoms with E-state index in [1.54, 1.807) is 0 Å². The first-order valence-corrected chi connectivity index (χ1v) is 5.67. The van der Waals surface area contributed by atoms with Crippen LogP contribution in [0.25, 0.3) is 0 Å². The second-order valence-electron chi connectivity index (χ2n) is 4.28. The van der Waals surface area contributed by atoms with E-state index in [4.69, 9.17) is 5.73 Å². The van der Waals surface area contributed by atoms with E-state index in [1.165, 1.54) is 5.75 Å². The summed E-state index contributed by atoms with van der Waals surface area (Å²) in [5.41, 5.74) is 4.98. The number of rotatable bonds is 2. The van der Waals surface area contributed by atoms with Gasteiger partial charge in [0.25, 0.3) is 0 Å². The Morgan fingerprint density at radius 3 is 2.67 bits per heavy atom. The van der Waals surface area contributed by atoms with Crippen molar-refractivity contribution >= 4 is 11.8 Å². The van der Waals surface area contributed by atoms with Crippen LogP contribution in [0.1, 0.15) is 26.7 Å². The Morgan fingerprint density at radius 2 is 2.25 bits per heavy atom. The molecule has 0 amide bonds. The van der Waals surface area contributed by atoms with E-state index in [0.717, 1.165) is 18.6 Å². The largest absolute Gasteiger partial charge is 0.388 e. The van der Waals surface area contributed by atoms with Gasteiger partial charge in [-0.3, -0.25) is 0 Å². The summed E-state index contributed by atoms with van der Waals surface area (Å²) in [6, 6.07) is 0. The molecule has 1 rings (SSSR count). The monoisotopic (exact) mass is 189 g/mol. The molecule has 0 bridgehead atoms. The van der Waals surface area contributed by atoms with Crippen LogP contribution >= 0.6 is 11.8 Å². The first-order chi connectivity index (χ1) is 5.52. The molecule has 0 aliphatic carbocycles. The third-order valence-corrected chi connectivity index (χ3v) is 4.25. The van der Waals surface area contributed by atoms with E-state index in [1.807, 2.05) is 11.8 Å². The SMILES string of the molecule is CC(C)(CN)C1(O)CCCSC1. The quantitative estimate of drug-likeness (QED) is 0.687. The third kappa shape index (κ3) is 1.78. The fourth-order valence-electron chi connectivity index (χ4n) is 1.50. The highest BCUT2D eigenvalue weighted by Gasteiger charge is 2.43. The van der Waals surface area contributed by atoms with Crippen LogP contribution in [0.4, 0.5) is 0 Å². The number of hydrogen-bond donors (Lipinski definition) is 2. The fraction of sp³-hybridized carbons (Fsp3) is 1.00. The zero-order valence-electron chi connectivity index (χ0n) is 7.97. The summed E-state index contributed by atoms with van der Waals surface area (Å²) >= 11 is 1.84. The highest BCUT2D eigenvalue weighted by atomic mass is 32.2. The zero-order chi connectivity index (χ0) is 9.24. The summed E-state index contributed by atoms with van der Waals surface area (Å²) in [4.78, 5) is 0. The van der Waals surface area contributed by atoms with Crippen LogP contribution in [-0.4, -0.2) is 28.8 Å². The maximum absolute atomic E-state index is 10.3. The minimum absolute atomic E-state index is 0.138. The van der Waals surface area contributed by atoms with Gasteiger partial charge in [0.1, 0.15) is 0 Å². The summed E-state index contributed by atoms with van der Waals surface area (Å²) in [6.45, 7) is 4.67. The Morgan fingerprint density at radius 1 is 1.58 bits per heavy atom. The molecule has 0 aromatic carbocycles. The maximum atomic E-state index is 10.3. The van der Waals surface area contributed by atoms with Crippen LogP contribution in [0.15, 0.2) is 0 Å². The predicted octanol–water partition coefficient (Wildman–Crippen LogP) is 1.23. The molecule has 1 aliphatic heterocycles. The molecule has 12 heavy (non-hydrogen) atoms. The number of thioether (sulfide) groups is 1. The average molecular weight is 189 g/mol. The van der Waals surface area contributed by atoms with Gasteiger partial charge in [-0.2, -0.15) is 11.8 Å². The molecular formula is C9H19NOS. The van der Waals surface area contributed by atoms with Crippen LogP contribution in [0.2, 0.25) is 0 Å². The van der Waals surface area contributed by atoms with Gasteiger partial charge < -0.3 is 10.8 Å². The van der Waals surface area contributed by atoms with E-state index in [0.29, 0.717) is 6.54 Å². The summed E-state index contributed by atoms with van der Waals surface area (Å²) in [5, 5.41) is 10.3. The Bertz CT molecular complexity index is 153. The van der Waals surface area contributed by atoms with E-state index in [2.05, 4.69) is 13.8 Å². The van der Waals surface area contributed by atoms with E-state index < -0.39 is 5.60 Å².